The Labute approximate surface area is 190 Å². The first-order valence-corrected chi connectivity index (χ1v) is 11.7. The molecule has 1 aliphatic heterocycles. The van der Waals surface area contributed by atoms with Gasteiger partial charge in [-0.2, -0.15) is 0 Å². The van der Waals surface area contributed by atoms with E-state index in [0.717, 1.165) is 18.3 Å². The highest BCUT2D eigenvalue weighted by Crippen LogP contribution is 2.39. The van der Waals surface area contributed by atoms with Gasteiger partial charge < -0.3 is 10.5 Å². The fourth-order valence-corrected chi connectivity index (χ4v) is 5.25. The molecule has 1 aromatic carbocycles. The van der Waals surface area contributed by atoms with E-state index in [1.807, 2.05) is 0 Å². The van der Waals surface area contributed by atoms with E-state index in [1.165, 1.54) is 19.2 Å². The lowest BCUT2D eigenvalue weighted by Gasteiger charge is -2.41. The van der Waals surface area contributed by atoms with Gasteiger partial charge >= 0.3 is 0 Å². The van der Waals surface area contributed by atoms with Gasteiger partial charge in [0.15, 0.2) is 24.1 Å². The zero-order valence-electron chi connectivity index (χ0n) is 18.4. The van der Waals surface area contributed by atoms with Crippen LogP contribution in [0, 0.1) is 24.0 Å². The van der Waals surface area contributed by atoms with Gasteiger partial charge in [0.2, 0.25) is 5.88 Å². The van der Waals surface area contributed by atoms with Crippen molar-refractivity contribution >= 4 is 33.1 Å². The molecule has 1 aromatic heterocycles. The molecule has 2 aromatic rings. The van der Waals surface area contributed by atoms with E-state index in [0.29, 0.717) is 0 Å². The van der Waals surface area contributed by atoms with Gasteiger partial charge in [-0.3, -0.25) is 9.20 Å². The molecular weight excluding hydrogens is 453 g/mol. The predicted octanol–water partition coefficient (Wildman–Crippen LogP) is 3.32. The lowest BCUT2D eigenvalue weighted by Crippen LogP contribution is -2.54. The molecule has 2 heterocycles. The smallest absolute Gasteiger partial charge is 0.233 e. The van der Waals surface area contributed by atoms with E-state index in [2.05, 4.69) is 26.8 Å². The first-order valence-electron chi connectivity index (χ1n) is 9.76. The Morgan fingerprint density at radius 1 is 1.33 bits per heavy atom. The number of benzene rings is 1. The van der Waals surface area contributed by atoms with Gasteiger partial charge in [0.1, 0.15) is 11.5 Å². The largest absolute Gasteiger partial charge is 0.463 e. The summed E-state index contributed by atoms with van der Waals surface area (Å²) in [6.45, 7) is 4.74. The molecular formula is C23H23F3N4O2S. The number of amidine groups is 1. The Hall–Kier alpha value is -3.32. The van der Waals surface area contributed by atoms with Crippen LogP contribution in [-0.4, -0.2) is 43.0 Å². The van der Waals surface area contributed by atoms with E-state index in [9.17, 15) is 17.4 Å². The lowest BCUT2D eigenvalue weighted by atomic mass is 9.91. The second-order valence-electron chi connectivity index (χ2n) is 8.33. The SMILES string of the molecule is C#CCOc1cnc(/C(F)=C/c2cc(F)c(F)c([C@]3(C)CS(=C)(=O)C(C)(C)C(N)=N3)c2)cn1. The number of aliphatic imine (C=N–C) groups is 1. The van der Waals surface area contributed by atoms with Crippen LogP contribution in [-0.2, 0) is 15.1 Å². The highest BCUT2D eigenvalue weighted by molar-refractivity contribution is 8.02. The molecule has 1 aliphatic rings. The molecule has 2 N–H and O–H groups in total. The maximum Gasteiger partial charge on any atom is 0.233 e. The molecule has 0 fully saturated rings. The average molecular weight is 477 g/mol. The van der Waals surface area contributed by atoms with Crippen molar-refractivity contribution in [3.63, 3.8) is 0 Å². The van der Waals surface area contributed by atoms with Crippen LogP contribution in [0.2, 0.25) is 0 Å². The standard InChI is InChI=1S/C23H23F3N4O2S/c1-6-7-32-19-12-28-18(11-29-19)16(24)9-14-8-15(20(26)17(25)10-14)23(4)13-33(5,31)22(2,3)21(27)30-23/h1,8-12H,5,7,13H2,2-4H3,(H2,27,30)/b16-9-/t23-,33?/m0/s1. The van der Waals surface area contributed by atoms with Gasteiger partial charge in [-0.05, 0) is 59.9 Å². The molecule has 0 amide bonds. The summed E-state index contributed by atoms with van der Waals surface area (Å²) in [5.41, 5.74) is 4.22. The van der Waals surface area contributed by atoms with E-state index < -0.39 is 37.3 Å². The number of hydrogen-bond acceptors (Lipinski definition) is 6. The third-order valence-electron chi connectivity index (χ3n) is 5.53. The number of terminal acetylenes is 1. The second-order valence-corrected chi connectivity index (χ2v) is 11.3. The summed E-state index contributed by atoms with van der Waals surface area (Å²) in [6, 6.07) is 2.07. The topological polar surface area (TPSA) is 90.5 Å². The van der Waals surface area contributed by atoms with Crippen LogP contribution in [0.3, 0.4) is 0 Å². The number of nitrogens with zero attached hydrogens (tertiary/aromatic N) is 3. The first-order chi connectivity index (χ1) is 15.3. The molecule has 2 atom stereocenters. The van der Waals surface area contributed by atoms with Crippen molar-refractivity contribution in [1.29, 1.82) is 0 Å². The Morgan fingerprint density at radius 3 is 2.61 bits per heavy atom. The number of hydrogen-bond donors (Lipinski definition) is 1. The van der Waals surface area contributed by atoms with Crippen molar-refractivity contribution in [3.8, 4) is 18.2 Å². The number of aromatic nitrogens is 2. The number of halogens is 3. The molecule has 0 bridgehead atoms. The zero-order chi connectivity index (χ0) is 24.6. The molecule has 174 valence electrons. The molecule has 0 aliphatic carbocycles. The summed E-state index contributed by atoms with van der Waals surface area (Å²) in [6.07, 6.45) is 8.37. The summed E-state index contributed by atoms with van der Waals surface area (Å²) in [5, 5.41) is 0. The molecule has 33 heavy (non-hydrogen) atoms. The third-order valence-corrected chi connectivity index (χ3v) is 8.63. The van der Waals surface area contributed by atoms with Gasteiger partial charge in [0.05, 0.1) is 22.7 Å². The molecule has 3 rings (SSSR count). The summed E-state index contributed by atoms with van der Waals surface area (Å²) in [5.74, 6) is 2.77. The molecule has 0 saturated heterocycles. The maximum atomic E-state index is 14.8. The van der Waals surface area contributed by atoms with Crippen molar-refractivity contribution in [3.05, 3.63) is 53.0 Å². The predicted molar refractivity (Wildman–Crippen MR) is 125 cm³/mol. The number of ether oxygens (including phenoxy) is 1. The Balaban J connectivity index is 2.03. The van der Waals surface area contributed by atoms with Gasteiger partial charge in [0, 0.05) is 11.3 Å². The van der Waals surface area contributed by atoms with Crippen LogP contribution in [0.4, 0.5) is 13.2 Å². The fraction of sp³-hybridized carbons (Fsp3) is 0.304. The Kier molecular flexibility index (Phi) is 6.31. The lowest BCUT2D eigenvalue weighted by molar-refractivity contribution is 0.353. The second kappa shape index (κ2) is 8.56. The van der Waals surface area contributed by atoms with Gasteiger partial charge in [-0.25, -0.2) is 23.1 Å². The molecule has 0 radical (unpaired) electrons. The van der Waals surface area contributed by atoms with E-state index >= 15 is 0 Å². The van der Waals surface area contributed by atoms with Gasteiger partial charge in [0.25, 0.3) is 0 Å². The van der Waals surface area contributed by atoms with E-state index in [4.69, 9.17) is 16.9 Å². The van der Waals surface area contributed by atoms with Crippen LogP contribution in [0.5, 0.6) is 5.88 Å². The van der Waals surface area contributed by atoms with Crippen molar-refractivity contribution in [2.24, 2.45) is 10.7 Å². The quantitative estimate of drug-likeness (QED) is 0.528. The molecule has 10 heteroatoms. The molecule has 1 unspecified atom stereocenters. The Bertz CT molecular complexity index is 1300. The van der Waals surface area contributed by atoms with E-state index in [-0.39, 0.29) is 40.9 Å². The molecule has 0 spiro atoms. The van der Waals surface area contributed by atoms with Gasteiger partial charge in [-0.1, -0.05) is 5.92 Å². The van der Waals surface area contributed by atoms with Crippen molar-refractivity contribution in [2.45, 2.75) is 31.1 Å². The highest BCUT2D eigenvalue weighted by atomic mass is 32.2. The minimum absolute atomic E-state index is 0.00579. The summed E-state index contributed by atoms with van der Waals surface area (Å²) < 4.78 is 61.3. The number of rotatable bonds is 5. The summed E-state index contributed by atoms with van der Waals surface area (Å²) in [4.78, 5) is 12.1. The average Bonchev–Trinajstić information content (AvgIpc) is 2.73. The van der Waals surface area contributed by atoms with Crippen LogP contribution >= 0.6 is 0 Å². The van der Waals surface area contributed by atoms with Crippen LogP contribution in [0.25, 0.3) is 11.9 Å². The summed E-state index contributed by atoms with van der Waals surface area (Å²) in [7, 11) is -2.86. The zero-order valence-corrected chi connectivity index (χ0v) is 19.2. The normalized spacial score (nSPS) is 24.6. The van der Waals surface area contributed by atoms with Crippen LogP contribution in [0.15, 0.2) is 29.5 Å². The first kappa shape index (κ1) is 24.3. The van der Waals surface area contributed by atoms with Crippen LogP contribution < -0.4 is 10.5 Å². The molecule has 0 saturated carbocycles. The third kappa shape index (κ3) is 4.59. The molecule has 6 nitrogen and oxygen atoms in total. The van der Waals surface area contributed by atoms with Crippen molar-refractivity contribution < 1.29 is 22.1 Å². The minimum Gasteiger partial charge on any atom is -0.463 e. The monoisotopic (exact) mass is 476 g/mol. The summed E-state index contributed by atoms with van der Waals surface area (Å²) >= 11 is 0. The van der Waals surface area contributed by atoms with E-state index in [1.54, 1.807) is 13.8 Å². The van der Waals surface area contributed by atoms with Crippen LogP contribution in [0.1, 0.15) is 37.6 Å². The van der Waals surface area contributed by atoms with Gasteiger partial charge in [-0.15, -0.1) is 6.42 Å². The maximum absolute atomic E-state index is 14.8. The van der Waals surface area contributed by atoms with Crippen molar-refractivity contribution in [2.75, 3.05) is 12.4 Å². The Morgan fingerprint density at radius 2 is 2.03 bits per heavy atom. The number of nitrogens with two attached hydrogens (primary N) is 1. The van der Waals surface area contributed by atoms with Crippen molar-refractivity contribution in [1.82, 2.24) is 9.97 Å². The fourth-order valence-electron chi connectivity index (χ4n) is 3.33. The highest BCUT2D eigenvalue weighted by Gasteiger charge is 2.46. The minimum atomic E-state index is -2.86.